The van der Waals surface area contributed by atoms with Crippen LogP contribution in [0.2, 0.25) is 0 Å². The first-order valence-corrected chi connectivity index (χ1v) is 15.1. The van der Waals surface area contributed by atoms with Gasteiger partial charge in [-0.15, -0.1) is 0 Å². The third kappa shape index (κ3) is 10.3. The van der Waals surface area contributed by atoms with Gasteiger partial charge < -0.3 is 30.1 Å². The van der Waals surface area contributed by atoms with Crippen LogP contribution in [0.15, 0.2) is 42.7 Å². The molecule has 10 nitrogen and oxygen atoms in total. The number of aromatic nitrogens is 1. The predicted molar refractivity (Wildman–Crippen MR) is 165 cm³/mol. The summed E-state index contributed by atoms with van der Waals surface area (Å²) < 4.78 is 12.7. The molecule has 3 amide bonds. The van der Waals surface area contributed by atoms with Gasteiger partial charge in [-0.05, 0) is 89.9 Å². The minimum Gasteiger partial charge on any atom is -0.490 e. The lowest BCUT2D eigenvalue weighted by Crippen LogP contribution is -2.47. The summed E-state index contributed by atoms with van der Waals surface area (Å²) in [7, 11) is 2.07. The molecule has 1 aromatic carbocycles. The number of urea groups is 1. The molecule has 10 heteroatoms. The molecule has 0 radical (unpaired) electrons. The van der Waals surface area contributed by atoms with E-state index >= 15 is 0 Å². The molecule has 2 heterocycles. The number of pyridine rings is 1. The van der Waals surface area contributed by atoms with E-state index in [0.29, 0.717) is 36.7 Å². The molecular formula is C32H49N5O5. The van der Waals surface area contributed by atoms with E-state index in [1.807, 2.05) is 39.8 Å². The largest absolute Gasteiger partial charge is 0.490 e. The van der Waals surface area contributed by atoms with Gasteiger partial charge in [0.25, 0.3) is 5.91 Å². The third-order valence-corrected chi connectivity index (χ3v) is 7.42. The van der Waals surface area contributed by atoms with Crippen LogP contribution in [0.1, 0.15) is 69.8 Å². The van der Waals surface area contributed by atoms with Crippen LogP contribution in [0.5, 0.6) is 5.75 Å². The molecule has 0 spiro atoms. The quantitative estimate of drug-likeness (QED) is 0.418. The smallest absolute Gasteiger partial charge is 0.319 e. The summed E-state index contributed by atoms with van der Waals surface area (Å²) in [6.45, 7) is 11.9. The van der Waals surface area contributed by atoms with Crippen molar-refractivity contribution in [3.63, 3.8) is 0 Å². The fourth-order valence-electron chi connectivity index (χ4n) is 5.06. The molecule has 0 unspecified atom stereocenters. The number of nitrogens with zero attached hydrogens (tertiary/aromatic N) is 3. The number of hydrogen-bond acceptors (Lipinski definition) is 7. The van der Waals surface area contributed by atoms with Crippen molar-refractivity contribution < 1.29 is 24.2 Å². The van der Waals surface area contributed by atoms with Crippen LogP contribution in [0.4, 0.5) is 10.5 Å². The van der Waals surface area contributed by atoms with Crippen molar-refractivity contribution in [2.45, 2.75) is 84.7 Å². The summed E-state index contributed by atoms with van der Waals surface area (Å²) in [4.78, 5) is 34.6. The molecule has 0 bridgehead atoms. The van der Waals surface area contributed by atoms with Crippen LogP contribution >= 0.6 is 0 Å². The Hall–Kier alpha value is -3.21. The number of nitrogens with one attached hydrogen (secondary N) is 2. The topological polar surface area (TPSA) is 116 Å². The van der Waals surface area contributed by atoms with Crippen LogP contribution in [0.3, 0.4) is 0 Å². The number of ether oxygens (including phenoxy) is 2. The number of carbonyl (C=O) groups is 2. The van der Waals surface area contributed by atoms with Gasteiger partial charge in [0.05, 0.1) is 30.4 Å². The van der Waals surface area contributed by atoms with Gasteiger partial charge in [0, 0.05) is 56.3 Å². The van der Waals surface area contributed by atoms with E-state index in [2.05, 4.69) is 34.5 Å². The summed E-state index contributed by atoms with van der Waals surface area (Å²) in [5.74, 6) is 0.179. The fourth-order valence-corrected chi connectivity index (χ4v) is 5.06. The normalized spacial score (nSPS) is 21.3. The Labute approximate surface area is 250 Å². The first-order chi connectivity index (χ1) is 20.1. The summed E-state index contributed by atoms with van der Waals surface area (Å²) in [5.41, 5.74) is 2.01. The van der Waals surface area contributed by atoms with E-state index in [-0.39, 0.29) is 42.7 Å². The Morgan fingerprint density at radius 1 is 1.17 bits per heavy atom. The highest BCUT2D eigenvalue weighted by Crippen LogP contribution is 2.28. The molecule has 1 aliphatic rings. The lowest BCUT2D eigenvalue weighted by molar-refractivity contribution is -0.0177. The van der Waals surface area contributed by atoms with Crippen molar-refractivity contribution in [3.8, 4) is 5.75 Å². The highest BCUT2D eigenvalue weighted by Gasteiger charge is 2.30. The van der Waals surface area contributed by atoms with Crippen molar-refractivity contribution >= 4 is 17.6 Å². The Balaban J connectivity index is 1.90. The Kier molecular flexibility index (Phi) is 13.0. The molecule has 0 aliphatic carbocycles. The molecule has 4 atom stereocenters. The predicted octanol–water partition coefficient (Wildman–Crippen LogP) is 4.54. The maximum atomic E-state index is 14.2. The van der Waals surface area contributed by atoms with E-state index < -0.39 is 6.04 Å². The molecule has 1 aromatic heterocycles. The highest BCUT2D eigenvalue weighted by molar-refractivity contribution is 5.99. The van der Waals surface area contributed by atoms with Gasteiger partial charge in [0.2, 0.25) is 0 Å². The lowest BCUT2D eigenvalue weighted by Gasteiger charge is -2.36. The minimum atomic E-state index is -0.436. The van der Waals surface area contributed by atoms with Gasteiger partial charge in [-0.3, -0.25) is 14.7 Å². The number of benzene rings is 1. The zero-order chi connectivity index (χ0) is 30.6. The molecule has 0 fully saturated rings. The van der Waals surface area contributed by atoms with E-state index in [4.69, 9.17) is 9.47 Å². The number of rotatable bonds is 8. The van der Waals surface area contributed by atoms with Gasteiger partial charge in [-0.25, -0.2) is 4.79 Å². The Bertz CT molecular complexity index is 1130. The molecule has 42 heavy (non-hydrogen) atoms. The monoisotopic (exact) mass is 583 g/mol. The standard InChI is InChI=1S/C32H49N5O5/c1-22(2)34-32(40)35-27-10-11-29-28(17-27)31(39)37(24(4)21-38)18-23(3)30(41-16-8-7-9-25(5)42-29)20-36(6)19-26-12-14-33-15-13-26/h10-15,17,22-25,30,38H,7-9,16,18-21H2,1-6H3,(H2,34,35,40)/t23-,24+,25+,30+/m0/s1. The average Bonchev–Trinajstić information content (AvgIpc) is 2.94. The number of amides is 3. The zero-order valence-corrected chi connectivity index (χ0v) is 26.0. The molecular weight excluding hydrogens is 534 g/mol. The van der Waals surface area contributed by atoms with E-state index in [9.17, 15) is 14.7 Å². The lowest BCUT2D eigenvalue weighted by atomic mass is 10.0. The number of likely N-dealkylation sites (N-methyl/N-ethyl adjacent to an activating group) is 1. The van der Waals surface area contributed by atoms with Crippen molar-refractivity contribution in [3.05, 3.63) is 53.9 Å². The molecule has 1 aliphatic heterocycles. The number of fused-ring (bicyclic) bond motifs is 1. The summed E-state index contributed by atoms with van der Waals surface area (Å²) >= 11 is 0. The molecule has 2 aromatic rings. The number of hydrogen-bond donors (Lipinski definition) is 3. The highest BCUT2D eigenvalue weighted by atomic mass is 16.5. The second-order valence-corrected chi connectivity index (χ2v) is 11.8. The second-order valence-electron chi connectivity index (χ2n) is 11.8. The van der Waals surface area contributed by atoms with Gasteiger partial charge in [0.1, 0.15) is 5.75 Å². The maximum Gasteiger partial charge on any atom is 0.319 e. The van der Waals surface area contributed by atoms with Crippen molar-refractivity contribution in [2.24, 2.45) is 5.92 Å². The van der Waals surface area contributed by atoms with Crippen LogP contribution in [0, 0.1) is 5.92 Å². The number of aliphatic hydroxyl groups excluding tert-OH is 1. The molecule has 232 valence electrons. The first kappa shape index (κ1) is 33.3. The second kappa shape index (κ2) is 16.4. The Morgan fingerprint density at radius 3 is 2.60 bits per heavy atom. The fraction of sp³-hybridized carbons (Fsp3) is 0.594. The van der Waals surface area contributed by atoms with E-state index in [0.717, 1.165) is 25.8 Å². The third-order valence-electron chi connectivity index (χ3n) is 7.42. The van der Waals surface area contributed by atoms with Gasteiger partial charge in [0.15, 0.2) is 0 Å². The van der Waals surface area contributed by atoms with E-state index in [1.54, 1.807) is 35.5 Å². The number of anilines is 1. The number of aliphatic hydroxyl groups is 1. The summed E-state index contributed by atoms with van der Waals surface area (Å²) in [6.07, 6.45) is 6.00. The molecule has 0 saturated heterocycles. The van der Waals surface area contributed by atoms with Crippen molar-refractivity contribution in [1.29, 1.82) is 0 Å². The van der Waals surface area contributed by atoms with Crippen molar-refractivity contribution in [2.75, 3.05) is 38.7 Å². The number of carbonyl (C=O) groups excluding carboxylic acids is 2. The van der Waals surface area contributed by atoms with Gasteiger partial charge in [-0.2, -0.15) is 0 Å². The maximum absolute atomic E-state index is 14.2. The minimum absolute atomic E-state index is 0.0211. The van der Waals surface area contributed by atoms with Gasteiger partial charge in [-0.1, -0.05) is 6.92 Å². The summed E-state index contributed by atoms with van der Waals surface area (Å²) in [5, 5.41) is 15.8. The molecule has 3 N–H and O–H groups in total. The van der Waals surface area contributed by atoms with Crippen molar-refractivity contribution in [1.82, 2.24) is 20.1 Å². The van der Waals surface area contributed by atoms with Crippen LogP contribution in [-0.4, -0.2) is 89.5 Å². The summed E-state index contributed by atoms with van der Waals surface area (Å²) in [6, 6.07) is 8.34. The van der Waals surface area contributed by atoms with E-state index in [1.165, 1.54) is 5.56 Å². The average molecular weight is 584 g/mol. The van der Waals surface area contributed by atoms with Crippen LogP contribution in [-0.2, 0) is 11.3 Å². The van der Waals surface area contributed by atoms with Gasteiger partial charge >= 0.3 is 6.03 Å². The SMILES string of the molecule is CC(C)NC(=O)Nc1ccc2c(c1)C(=O)N([C@H](C)CO)C[C@H](C)[C@@H](CN(C)Cc1ccncc1)OCCCC[C@@H](C)O2. The molecule has 3 rings (SSSR count). The molecule has 0 saturated carbocycles. The van der Waals surface area contributed by atoms with Crippen LogP contribution < -0.4 is 15.4 Å². The Morgan fingerprint density at radius 2 is 1.90 bits per heavy atom. The van der Waals surface area contributed by atoms with Crippen LogP contribution in [0.25, 0.3) is 0 Å². The first-order valence-electron chi connectivity index (χ1n) is 15.1. The zero-order valence-electron chi connectivity index (χ0n) is 26.0.